The van der Waals surface area contributed by atoms with E-state index in [1.807, 2.05) is 19.0 Å². The van der Waals surface area contributed by atoms with Gasteiger partial charge in [0.25, 0.3) is 0 Å². The van der Waals surface area contributed by atoms with Gasteiger partial charge in [-0.3, -0.25) is 0 Å². The zero-order valence-corrected chi connectivity index (χ0v) is 18.5. The zero-order chi connectivity index (χ0) is 16.7. The smallest absolute Gasteiger partial charge is 0.191 e. The highest BCUT2D eigenvalue weighted by Crippen LogP contribution is 2.18. The molecule has 2 aromatic heterocycles. The normalized spacial score (nSPS) is 12.4. The number of halogens is 1. The van der Waals surface area contributed by atoms with Crippen LogP contribution in [-0.2, 0) is 6.54 Å². The number of guanidine groups is 1. The second-order valence-corrected chi connectivity index (χ2v) is 7.17. The molecule has 0 fully saturated rings. The summed E-state index contributed by atoms with van der Waals surface area (Å²) < 4.78 is 0. The van der Waals surface area contributed by atoms with Crippen LogP contribution >= 0.6 is 46.7 Å². The molecule has 24 heavy (non-hydrogen) atoms. The lowest BCUT2D eigenvalue weighted by molar-refractivity contribution is 0.701. The molecule has 0 aliphatic carbocycles. The van der Waals surface area contributed by atoms with Crippen molar-refractivity contribution in [2.45, 2.75) is 26.3 Å². The van der Waals surface area contributed by atoms with Gasteiger partial charge in [0.1, 0.15) is 0 Å². The molecule has 2 aromatic rings. The van der Waals surface area contributed by atoms with Crippen LogP contribution in [0.3, 0.4) is 0 Å². The number of thiazole rings is 1. The Morgan fingerprint density at radius 1 is 1.33 bits per heavy atom. The van der Waals surface area contributed by atoms with E-state index in [0.29, 0.717) is 12.5 Å². The van der Waals surface area contributed by atoms with Gasteiger partial charge < -0.3 is 15.5 Å². The average Bonchev–Trinajstić information content (AvgIpc) is 3.20. The van der Waals surface area contributed by atoms with Gasteiger partial charge in [0.05, 0.1) is 12.2 Å². The molecule has 0 spiro atoms. The van der Waals surface area contributed by atoms with E-state index in [0.717, 1.165) is 29.9 Å². The largest absolute Gasteiger partial charge is 0.357 e. The summed E-state index contributed by atoms with van der Waals surface area (Å²) in [6.45, 7) is 6.60. The molecule has 1 unspecified atom stereocenters. The molecule has 0 amide bonds. The van der Waals surface area contributed by atoms with Gasteiger partial charge in [0.15, 0.2) is 11.1 Å². The van der Waals surface area contributed by atoms with E-state index in [1.54, 1.807) is 22.7 Å². The summed E-state index contributed by atoms with van der Waals surface area (Å²) in [4.78, 5) is 11.2. The lowest BCUT2D eigenvalue weighted by atomic mass is 10.1. The fourth-order valence-corrected chi connectivity index (χ4v) is 3.53. The summed E-state index contributed by atoms with van der Waals surface area (Å²) in [7, 11) is 4.01. The van der Waals surface area contributed by atoms with Crippen molar-refractivity contribution in [1.82, 2.24) is 15.6 Å². The maximum atomic E-state index is 4.63. The highest BCUT2D eigenvalue weighted by molar-refractivity contribution is 14.0. The third kappa shape index (κ3) is 6.56. The number of hydrogen-bond acceptors (Lipinski definition) is 5. The van der Waals surface area contributed by atoms with Crippen LogP contribution in [0.4, 0.5) is 5.13 Å². The average molecular weight is 479 g/mol. The number of nitrogens with zero attached hydrogens (tertiary/aromatic N) is 3. The Balaban J connectivity index is 0.00000288. The minimum absolute atomic E-state index is 0. The van der Waals surface area contributed by atoms with Crippen LogP contribution in [0.5, 0.6) is 0 Å². The Hall–Kier alpha value is -0.870. The molecular weight excluding hydrogens is 453 g/mol. The standard InChI is InChI=1S/C16H25N5S2.HI/c1-5-17-15(18-8-12(2)13-6-7-22-10-13)19-9-14-11-23-16(20-14)21(3)4;/h6-7,10-12H,5,8-9H2,1-4H3,(H2,17,18,19);1H. The molecule has 0 saturated carbocycles. The maximum absolute atomic E-state index is 4.63. The van der Waals surface area contributed by atoms with Crippen LogP contribution in [0.15, 0.2) is 27.2 Å². The Labute approximate surface area is 169 Å². The van der Waals surface area contributed by atoms with Gasteiger partial charge in [-0.1, -0.05) is 6.92 Å². The highest BCUT2D eigenvalue weighted by Gasteiger charge is 2.08. The van der Waals surface area contributed by atoms with Crippen molar-refractivity contribution in [2.24, 2.45) is 4.99 Å². The molecule has 0 aliphatic heterocycles. The van der Waals surface area contributed by atoms with Crippen molar-refractivity contribution < 1.29 is 0 Å². The first kappa shape index (κ1) is 21.2. The Morgan fingerprint density at radius 3 is 2.71 bits per heavy atom. The van der Waals surface area contributed by atoms with E-state index in [9.17, 15) is 0 Å². The fourth-order valence-electron chi connectivity index (χ4n) is 2.00. The number of aliphatic imine (C=N–C) groups is 1. The van der Waals surface area contributed by atoms with Crippen LogP contribution in [0.1, 0.15) is 31.0 Å². The number of thiophene rings is 1. The van der Waals surface area contributed by atoms with Crippen molar-refractivity contribution in [3.05, 3.63) is 33.5 Å². The lowest BCUT2D eigenvalue weighted by Gasteiger charge is -2.15. The first-order valence-electron chi connectivity index (χ1n) is 7.76. The lowest BCUT2D eigenvalue weighted by Crippen LogP contribution is -2.39. The van der Waals surface area contributed by atoms with Crippen molar-refractivity contribution >= 4 is 57.7 Å². The molecule has 0 aromatic carbocycles. The number of rotatable bonds is 7. The predicted octanol–water partition coefficient (Wildman–Crippen LogP) is 3.75. The quantitative estimate of drug-likeness (QED) is 0.361. The summed E-state index contributed by atoms with van der Waals surface area (Å²) in [6, 6.07) is 2.18. The third-order valence-corrected chi connectivity index (χ3v) is 5.11. The monoisotopic (exact) mass is 479 g/mol. The fraction of sp³-hybridized carbons (Fsp3) is 0.500. The number of nitrogens with one attached hydrogen (secondary N) is 2. The molecule has 0 bridgehead atoms. The minimum atomic E-state index is 0. The van der Waals surface area contributed by atoms with Crippen LogP contribution in [0, 0.1) is 0 Å². The van der Waals surface area contributed by atoms with Gasteiger partial charge in [-0.15, -0.1) is 35.3 Å². The van der Waals surface area contributed by atoms with E-state index in [2.05, 4.69) is 56.7 Å². The van der Waals surface area contributed by atoms with Gasteiger partial charge in [0, 0.05) is 32.6 Å². The van der Waals surface area contributed by atoms with Crippen LogP contribution in [-0.4, -0.2) is 38.1 Å². The van der Waals surface area contributed by atoms with Gasteiger partial charge in [-0.25, -0.2) is 9.98 Å². The van der Waals surface area contributed by atoms with Crippen molar-refractivity contribution in [3.63, 3.8) is 0 Å². The molecule has 8 heteroatoms. The molecule has 5 nitrogen and oxygen atoms in total. The number of aromatic nitrogens is 1. The number of anilines is 1. The van der Waals surface area contributed by atoms with E-state index in [-0.39, 0.29) is 24.0 Å². The van der Waals surface area contributed by atoms with Gasteiger partial charge in [-0.2, -0.15) is 11.3 Å². The first-order chi connectivity index (χ1) is 11.1. The molecule has 0 saturated heterocycles. The van der Waals surface area contributed by atoms with Crippen molar-refractivity contribution in [1.29, 1.82) is 0 Å². The summed E-state index contributed by atoms with van der Waals surface area (Å²) in [5, 5.41) is 14.1. The second kappa shape index (κ2) is 10.9. The first-order valence-corrected chi connectivity index (χ1v) is 9.58. The van der Waals surface area contributed by atoms with E-state index in [1.165, 1.54) is 5.56 Å². The number of hydrogen-bond donors (Lipinski definition) is 2. The summed E-state index contributed by atoms with van der Waals surface area (Å²) in [5.41, 5.74) is 2.37. The zero-order valence-electron chi connectivity index (χ0n) is 14.6. The van der Waals surface area contributed by atoms with E-state index < -0.39 is 0 Å². The van der Waals surface area contributed by atoms with Gasteiger partial charge >= 0.3 is 0 Å². The third-order valence-electron chi connectivity index (χ3n) is 3.35. The second-order valence-electron chi connectivity index (χ2n) is 5.55. The van der Waals surface area contributed by atoms with E-state index >= 15 is 0 Å². The van der Waals surface area contributed by atoms with Crippen molar-refractivity contribution in [2.75, 3.05) is 32.1 Å². The predicted molar refractivity (Wildman–Crippen MR) is 117 cm³/mol. The molecule has 134 valence electrons. The Morgan fingerprint density at radius 2 is 2.12 bits per heavy atom. The molecular formula is C16H26IN5S2. The Kier molecular flexibility index (Phi) is 9.60. The SMILES string of the molecule is CCNC(=NCc1csc(N(C)C)n1)NCC(C)c1ccsc1.I. The molecule has 0 aliphatic rings. The summed E-state index contributed by atoms with van der Waals surface area (Å²) >= 11 is 3.38. The highest BCUT2D eigenvalue weighted by atomic mass is 127. The minimum Gasteiger partial charge on any atom is -0.357 e. The maximum Gasteiger partial charge on any atom is 0.191 e. The molecule has 2 rings (SSSR count). The van der Waals surface area contributed by atoms with E-state index in [4.69, 9.17) is 0 Å². The Bertz CT molecular complexity index is 610. The van der Waals surface area contributed by atoms with Gasteiger partial charge in [-0.05, 0) is 35.2 Å². The van der Waals surface area contributed by atoms with Crippen molar-refractivity contribution in [3.8, 4) is 0 Å². The topological polar surface area (TPSA) is 52.6 Å². The molecule has 2 N–H and O–H groups in total. The van der Waals surface area contributed by atoms with Gasteiger partial charge in [0.2, 0.25) is 0 Å². The van der Waals surface area contributed by atoms with Crippen LogP contribution in [0.2, 0.25) is 0 Å². The van der Waals surface area contributed by atoms with Crippen LogP contribution in [0.25, 0.3) is 0 Å². The molecule has 0 radical (unpaired) electrons. The summed E-state index contributed by atoms with van der Waals surface area (Å²) in [6.07, 6.45) is 0. The molecule has 2 heterocycles. The van der Waals surface area contributed by atoms with Crippen LogP contribution < -0.4 is 15.5 Å². The molecule has 1 atom stereocenters. The summed E-state index contributed by atoms with van der Waals surface area (Å²) in [5.74, 6) is 1.30.